The lowest BCUT2D eigenvalue weighted by atomic mass is 10.4. The minimum atomic E-state index is -3.47. The zero-order valence-electron chi connectivity index (χ0n) is 7.39. The van der Waals surface area contributed by atoms with Gasteiger partial charge in [0.25, 0.3) is 0 Å². The third-order valence-electron chi connectivity index (χ3n) is 1.48. The maximum absolute atomic E-state index is 11.4. The summed E-state index contributed by atoms with van der Waals surface area (Å²) in [6.45, 7) is 2.26. The van der Waals surface area contributed by atoms with Crippen LogP contribution in [0.15, 0.2) is 21.7 Å². The summed E-state index contributed by atoms with van der Waals surface area (Å²) in [7, 11) is -3.47. The summed E-state index contributed by atoms with van der Waals surface area (Å²) in [6.07, 6.45) is 1.70. The average molecular weight is 220 g/mol. The number of rotatable bonds is 5. The van der Waals surface area contributed by atoms with Gasteiger partial charge in [-0.05, 0) is 17.9 Å². The van der Waals surface area contributed by atoms with Gasteiger partial charge >= 0.3 is 10.1 Å². The second-order valence-electron chi connectivity index (χ2n) is 2.56. The van der Waals surface area contributed by atoms with Crippen molar-refractivity contribution in [2.24, 2.45) is 0 Å². The molecule has 0 fully saturated rings. The highest BCUT2D eigenvalue weighted by atomic mass is 32.3. The molecule has 13 heavy (non-hydrogen) atoms. The Morgan fingerprint density at radius 3 is 2.85 bits per heavy atom. The summed E-state index contributed by atoms with van der Waals surface area (Å²) in [5.41, 5.74) is 0. The van der Waals surface area contributed by atoms with E-state index in [-0.39, 0.29) is 10.8 Å². The van der Waals surface area contributed by atoms with Crippen LogP contribution in [-0.4, -0.2) is 15.0 Å². The molecular weight excluding hydrogens is 208 g/mol. The molecule has 1 aromatic heterocycles. The van der Waals surface area contributed by atoms with Gasteiger partial charge in [-0.1, -0.05) is 19.4 Å². The van der Waals surface area contributed by atoms with E-state index >= 15 is 0 Å². The number of thiophene rings is 1. The van der Waals surface area contributed by atoms with Crippen LogP contribution in [0.5, 0.6) is 0 Å². The molecule has 0 aliphatic carbocycles. The number of hydrogen-bond donors (Lipinski definition) is 0. The van der Waals surface area contributed by atoms with Crippen molar-refractivity contribution in [3.05, 3.63) is 17.5 Å². The molecule has 3 nitrogen and oxygen atoms in total. The molecule has 5 heteroatoms. The number of hydrogen-bond acceptors (Lipinski definition) is 4. The van der Waals surface area contributed by atoms with E-state index in [1.165, 1.54) is 11.3 Å². The minimum Gasteiger partial charge on any atom is -0.266 e. The maximum Gasteiger partial charge on any atom is 0.306 e. The molecular formula is C8H12O3S2. The van der Waals surface area contributed by atoms with Gasteiger partial charge in [-0.3, -0.25) is 4.18 Å². The molecule has 1 rings (SSSR count). The van der Waals surface area contributed by atoms with E-state index in [1.807, 2.05) is 6.92 Å². The SMILES string of the molecule is CCCCOS(=O)(=O)c1cccs1. The molecule has 0 radical (unpaired) electrons. The molecule has 1 aromatic rings. The molecule has 0 aliphatic heterocycles. The van der Waals surface area contributed by atoms with Crippen LogP contribution in [-0.2, 0) is 14.3 Å². The van der Waals surface area contributed by atoms with Crippen molar-refractivity contribution in [2.75, 3.05) is 6.61 Å². The highest BCUT2D eigenvalue weighted by Gasteiger charge is 2.14. The highest BCUT2D eigenvalue weighted by molar-refractivity contribution is 7.89. The molecule has 0 amide bonds. The van der Waals surface area contributed by atoms with Crippen molar-refractivity contribution < 1.29 is 12.6 Å². The smallest absolute Gasteiger partial charge is 0.266 e. The summed E-state index contributed by atoms with van der Waals surface area (Å²) in [5, 5.41) is 1.72. The van der Waals surface area contributed by atoms with Crippen molar-refractivity contribution in [2.45, 2.75) is 24.0 Å². The summed E-state index contributed by atoms with van der Waals surface area (Å²) < 4.78 is 27.8. The van der Waals surface area contributed by atoms with Crippen LogP contribution in [0.1, 0.15) is 19.8 Å². The number of unbranched alkanes of at least 4 members (excludes halogenated alkanes) is 1. The highest BCUT2D eigenvalue weighted by Crippen LogP contribution is 2.18. The van der Waals surface area contributed by atoms with Gasteiger partial charge in [-0.25, -0.2) is 0 Å². The summed E-state index contributed by atoms with van der Waals surface area (Å²) in [4.78, 5) is 0. The van der Waals surface area contributed by atoms with E-state index in [1.54, 1.807) is 17.5 Å². The molecule has 0 spiro atoms. The lowest BCUT2D eigenvalue weighted by molar-refractivity contribution is 0.312. The van der Waals surface area contributed by atoms with Crippen molar-refractivity contribution in [3.63, 3.8) is 0 Å². The Hall–Kier alpha value is -0.390. The monoisotopic (exact) mass is 220 g/mol. The first-order chi connectivity index (χ1) is 6.17. The van der Waals surface area contributed by atoms with Gasteiger partial charge in [0.15, 0.2) is 0 Å². The molecule has 0 saturated heterocycles. The van der Waals surface area contributed by atoms with Gasteiger partial charge in [0, 0.05) is 0 Å². The summed E-state index contributed by atoms with van der Waals surface area (Å²) >= 11 is 1.17. The third kappa shape index (κ3) is 3.10. The molecule has 0 N–H and O–H groups in total. The second kappa shape index (κ2) is 4.74. The average Bonchev–Trinajstić information content (AvgIpc) is 2.56. The van der Waals surface area contributed by atoms with Crippen LogP contribution in [0.2, 0.25) is 0 Å². The molecule has 1 heterocycles. The minimum absolute atomic E-state index is 0.275. The fourth-order valence-corrected chi connectivity index (χ4v) is 2.71. The predicted molar refractivity (Wildman–Crippen MR) is 52.4 cm³/mol. The largest absolute Gasteiger partial charge is 0.306 e. The zero-order valence-corrected chi connectivity index (χ0v) is 9.03. The van der Waals surface area contributed by atoms with Crippen molar-refractivity contribution in [1.29, 1.82) is 0 Å². The van der Waals surface area contributed by atoms with E-state index in [4.69, 9.17) is 4.18 Å². The Balaban J connectivity index is 2.58. The van der Waals surface area contributed by atoms with Crippen LogP contribution in [0.25, 0.3) is 0 Å². The van der Waals surface area contributed by atoms with Crippen molar-refractivity contribution in [1.82, 2.24) is 0 Å². The molecule has 0 saturated carbocycles. The Morgan fingerprint density at radius 2 is 2.31 bits per heavy atom. The Morgan fingerprint density at radius 1 is 1.54 bits per heavy atom. The normalized spacial score (nSPS) is 11.8. The second-order valence-corrected chi connectivity index (χ2v) is 5.35. The molecule has 74 valence electrons. The zero-order chi connectivity index (χ0) is 9.73. The Labute approximate surface area is 82.5 Å². The first-order valence-corrected chi connectivity index (χ1v) is 6.38. The van der Waals surface area contributed by atoms with E-state index in [9.17, 15) is 8.42 Å². The first-order valence-electron chi connectivity index (χ1n) is 4.10. The lowest BCUT2D eigenvalue weighted by Gasteiger charge is -2.01. The third-order valence-corrected chi connectivity index (χ3v) is 4.15. The quantitative estimate of drug-likeness (QED) is 0.564. The topological polar surface area (TPSA) is 43.4 Å². The Kier molecular flexibility index (Phi) is 3.90. The molecule has 0 atom stereocenters. The Bertz CT molecular complexity index is 326. The fourth-order valence-electron chi connectivity index (χ4n) is 0.777. The van der Waals surface area contributed by atoms with Crippen LogP contribution in [0, 0.1) is 0 Å². The summed E-state index contributed by atoms with van der Waals surface area (Å²) in [5.74, 6) is 0. The molecule has 0 bridgehead atoms. The van der Waals surface area contributed by atoms with Gasteiger partial charge in [-0.2, -0.15) is 8.42 Å². The van der Waals surface area contributed by atoms with Gasteiger partial charge in [-0.15, -0.1) is 11.3 Å². The van der Waals surface area contributed by atoms with Crippen LogP contribution in [0.4, 0.5) is 0 Å². The standard InChI is InChI=1S/C8H12O3S2/c1-2-3-6-11-13(9,10)8-5-4-7-12-8/h4-5,7H,2-3,6H2,1H3. The predicted octanol–water partition coefficient (Wildman–Crippen LogP) is 2.25. The van der Waals surface area contributed by atoms with E-state index in [0.29, 0.717) is 0 Å². The molecule has 0 aromatic carbocycles. The van der Waals surface area contributed by atoms with Gasteiger partial charge in [0.05, 0.1) is 6.61 Å². The van der Waals surface area contributed by atoms with Gasteiger partial charge < -0.3 is 0 Å². The van der Waals surface area contributed by atoms with Crippen LogP contribution < -0.4 is 0 Å². The van der Waals surface area contributed by atoms with Gasteiger partial charge in [0.2, 0.25) is 0 Å². The summed E-state index contributed by atoms with van der Waals surface area (Å²) in [6, 6.07) is 3.24. The lowest BCUT2D eigenvalue weighted by Crippen LogP contribution is -2.05. The molecule has 0 unspecified atom stereocenters. The van der Waals surface area contributed by atoms with Crippen molar-refractivity contribution in [3.8, 4) is 0 Å². The van der Waals surface area contributed by atoms with Crippen LogP contribution in [0.3, 0.4) is 0 Å². The van der Waals surface area contributed by atoms with E-state index in [0.717, 1.165) is 12.8 Å². The maximum atomic E-state index is 11.4. The van der Waals surface area contributed by atoms with Crippen molar-refractivity contribution >= 4 is 21.5 Å². The van der Waals surface area contributed by atoms with E-state index in [2.05, 4.69) is 0 Å². The van der Waals surface area contributed by atoms with Crippen LogP contribution >= 0.6 is 11.3 Å². The van der Waals surface area contributed by atoms with Gasteiger partial charge in [0.1, 0.15) is 4.21 Å². The molecule has 0 aliphatic rings. The van der Waals surface area contributed by atoms with E-state index < -0.39 is 10.1 Å². The fraction of sp³-hybridized carbons (Fsp3) is 0.500. The first kappa shape index (κ1) is 10.7.